The smallest absolute Gasteiger partial charge is 0.227 e. The Labute approximate surface area is 103 Å². The average molecular weight is 237 g/mol. The molecule has 2 nitrogen and oxygen atoms in total. The Hall–Kier alpha value is -0.960. The maximum atomic E-state index is 11.8. The molecule has 0 heterocycles. The number of nitrogens with zero attached hydrogens (tertiary/aromatic N) is 1. The van der Waals surface area contributed by atoms with Crippen LogP contribution in [-0.2, 0) is 4.79 Å². The van der Waals surface area contributed by atoms with Crippen molar-refractivity contribution in [2.75, 3.05) is 17.7 Å². The zero-order chi connectivity index (χ0) is 12.3. The normalized spacial score (nSPS) is 10.3. The molecule has 1 rings (SSSR count). The van der Waals surface area contributed by atoms with Crippen LogP contribution in [-0.4, -0.2) is 18.7 Å². The molecule has 1 aromatic carbocycles. The van der Waals surface area contributed by atoms with Crippen LogP contribution in [0.25, 0.3) is 0 Å². The highest BCUT2D eigenvalue weighted by atomic mass is 32.1. The molecule has 0 saturated carbocycles. The zero-order valence-electron chi connectivity index (χ0n) is 10.4. The summed E-state index contributed by atoms with van der Waals surface area (Å²) in [5.41, 5.74) is 4.68. The van der Waals surface area contributed by atoms with E-state index in [1.165, 1.54) is 16.7 Å². The number of benzene rings is 1. The Morgan fingerprint density at radius 2 is 1.88 bits per heavy atom. The van der Waals surface area contributed by atoms with Gasteiger partial charge in [-0.25, -0.2) is 0 Å². The maximum Gasteiger partial charge on any atom is 0.227 e. The maximum absolute atomic E-state index is 11.8. The minimum Gasteiger partial charge on any atom is -0.315 e. The van der Waals surface area contributed by atoms with Crippen LogP contribution in [0.3, 0.4) is 0 Å². The zero-order valence-corrected chi connectivity index (χ0v) is 11.3. The van der Waals surface area contributed by atoms with Gasteiger partial charge in [0.25, 0.3) is 0 Å². The number of hydrogen-bond donors (Lipinski definition) is 1. The molecule has 1 amide bonds. The molecule has 0 radical (unpaired) electrons. The van der Waals surface area contributed by atoms with Crippen molar-refractivity contribution < 1.29 is 4.79 Å². The van der Waals surface area contributed by atoms with Crippen LogP contribution in [0.2, 0.25) is 0 Å². The number of thiol groups is 1. The summed E-state index contributed by atoms with van der Waals surface area (Å²) in [5, 5.41) is 0. The van der Waals surface area contributed by atoms with Crippen molar-refractivity contribution in [2.45, 2.75) is 27.2 Å². The lowest BCUT2D eigenvalue weighted by atomic mass is 10.0. The Morgan fingerprint density at radius 3 is 2.44 bits per heavy atom. The van der Waals surface area contributed by atoms with Crippen LogP contribution in [0.5, 0.6) is 0 Å². The van der Waals surface area contributed by atoms with Gasteiger partial charge in [0.15, 0.2) is 0 Å². The number of carbonyl (C=O) groups excluding carboxylic acids is 1. The molecule has 16 heavy (non-hydrogen) atoms. The van der Waals surface area contributed by atoms with Crippen LogP contribution in [0.15, 0.2) is 12.1 Å². The monoisotopic (exact) mass is 237 g/mol. The molecule has 88 valence electrons. The number of rotatable bonds is 3. The first-order chi connectivity index (χ1) is 7.49. The van der Waals surface area contributed by atoms with Gasteiger partial charge in [0.2, 0.25) is 5.91 Å². The van der Waals surface area contributed by atoms with E-state index in [2.05, 4.69) is 39.5 Å². The highest BCUT2D eigenvalue weighted by molar-refractivity contribution is 7.80. The summed E-state index contributed by atoms with van der Waals surface area (Å²) < 4.78 is 0. The van der Waals surface area contributed by atoms with Gasteiger partial charge in [0.1, 0.15) is 0 Å². The summed E-state index contributed by atoms with van der Waals surface area (Å²) >= 11 is 4.08. The summed E-state index contributed by atoms with van der Waals surface area (Å²) in [4.78, 5) is 13.5. The second-order valence-electron chi connectivity index (χ2n) is 4.08. The topological polar surface area (TPSA) is 20.3 Å². The van der Waals surface area contributed by atoms with Gasteiger partial charge in [0.05, 0.1) is 0 Å². The molecular formula is C13H19NOS. The Kier molecular flexibility index (Phi) is 4.42. The van der Waals surface area contributed by atoms with Gasteiger partial charge < -0.3 is 4.90 Å². The van der Waals surface area contributed by atoms with Crippen LogP contribution >= 0.6 is 12.6 Å². The van der Waals surface area contributed by atoms with Gasteiger partial charge >= 0.3 is 0 Å². The molecule has 0 fully saturated rings. The first kappa shape index (κ1) is 13.1. The minimum atomic E-state index is 0.112. The van der Waals surface area contributed by atoms with Crippen LogP contribution in [0, 0.1) is 20.8 Å². The molecule has 1 aromatic rings. The number of anilines is 1. The fourth-order valence-corrected chi connectivity index (χ4v) is 1.89. The minimum absolute atomic E-state index is 0.112. The number of carbonyl (C=O) groups is 1. The fourth-order valence-electron chi connectivity index (χ4n) is 1.70. The van der Waals surface area contributed by atoms with E-state index >= 15 is 0 Å². The fraction of sp³-hybridized carbons (Fsp3) is 0.462. The summed E-state index contributed by atoms with van der Waals surface area (Å²) in [6.45, 7) is 6.23. The second-order valence-corrected chi connectivity index (χ2v) is 4.53. The van der Waals surface area contributed by atoms with E-state index in [1.54, 1.807) is 4.90 Å². The highest BCUT2D eigenvalue weighted by Crippen LogP contribution is 2.24. The van der Waals surface area contributed by atoms with Crippen molar-refractivity contribution in [3.8, 4) is 0 Å². The van der Waals surface area contributed by atoms with E-state index < -0.39 is 0 Å². The Bertz CT molecular complexity index is 401. The van der Waals surface area contributed by atoms with E-state index in [1.807, 2.05) is 13.1 Å². The SMILES string of the molecule is Cc1ccc(N(C)C(=O)CCS)c(C)c1C. The van der Waals surface area contributed by atoms with Gasteiger partial charge in [-0.15, -0.1) is 0 Å². The molecule has 0 aliphatic rings. The lowest BCUT2D eigenvalue weighted by molar-refractivity contribution is -0.117. The van der Waals surface area contributed by atoms with Crippen molar-refractivity contribution >= 4 is 24.2 Å². The summed E-state index contributed by atoms with van der Waals surface area (Å²) in [7, 11) is 1.82. The van der Waals surface area contributed by atoms with Crippen LogP contribution in [0.4, 0.5) is 5.69 Å². The van der Waals surface area contributed by atoms with E-state index in [9.17, 15) is 4.79 Å². The van der Waals surface area contributed by atoms with Crippen LogP contribution in [0.1, 0.15) is 23.1 Å². The van der Waals surface area contributed by atoms with Crippen LogP contribution < -0.4 is 4.90 Å². The molecule has 0 bridgehead atoms. The van der Waals surface area contributed by atoms with E-state index in [0.29, 0.717) is 12.2 Å². The predicted octanol–water partition coefficient (Wildman–Crippen LogP) is 2.89. The van der Waals surface area contributed by atoms with E-state index in [0.717, 1.165) is 5.69 Å². The van der Waals surface area contributed by atoms with Gasteiger partial charge in [-0.2, -0.15) is 12.6 Å². The molecule has 3 heteroatoms. The Balaban J connectivity index is 3.05. The third kappa shape index (κ3) is 2.59. The first-order valence-corrected chi connectivity index (χ1v) is 6.06. The molecule has 0 aromatic heterocycles. The van der Waals surface area contributed by atoms with Gasteiger partial charge in [0, 0.05) is 19.2 Å². The largest absolute Gasteiger partial charge is 0.315 e. The quantitative estimate of drug-likeness (QED) is 0.802. The standard InChI is InChI=1S/C13H19NOS/c1-9-5-6-12(11(3)10(9)2)14(4)13(15)7-8-16/h5-6,16H,7-8H2,1-4H3. The predicted molar refractivity (Wildman–Crippen MR) is 72.5 cm³/mol. The lowest BCUT2D eigenvalue weighted by Gasteiger charge is -2.21. The molecule has 0 atom stereocenters. The van der Waals surface area contributed by atoms with Crippen molar-refractivity contribution in [1.29, 1.82) is 0 Å². The first-order valence-electron chi connectivity index (χ1n) is 5.43. The highest BCUT2D eigenvalue weighted by Gasteiger charge is 2.13. The molecule has 0 saturated heterocycles. The number of aryl methyl sites for hydroxylation is 1. The average Bonchev–Trinajstić information content (AvgIpc) is 2.26. The molecule has 0 N–H and O–H groups in total. The number of amides is 1. The van der Waals surface area contributed by atoms with Crippen molar-refractivity contribution in [3.63, 3.8) is 0 Å². The van der Waals surface area contributed by atoms with Gasteiger partial charge in [-0.3, -0.25) is 4.79 Å². The van der Waals surface area contributed by atoms with Crippen molar-refractivity contribution in [2.24, 2.45) is 0 Å². The van der Waals surface area contributed by atoms with Gasteiger partial charge in [-0.05, 0) is 49.3 Å². The third-order valence-corrected chi connectivity index (χ3v) is 3.31. The molecule has 0 spiro atoms. The summed E-state index contributed by atoms with van der Waals surface area (Å²) in [6.07, 6.45) is 0.478. The van der Waals surface area contributed by atoms with Crippen molar-refractivity contribution in [3.05, 3.63) is 28.8 Å². The summed E-state index contributed by atoms with van der Waals surface area (Å²) in [6, 6.07) is 4.07. The Morgan fingerprint density at radius 1 is 1.25 bits per heavy atom. The molecule has 0 aliphatic heterocycles. The summed E-state index contributed by atoms with van der Waals surface area (Å²) in [5.74, 6) is 0.703. The van der Waals surface area contributed by atoms with E-state index in [-0.39, 0.29) is 5.91 Å². The molecular weight excluding hydrogens is 218 g/mol. The second kappa shape index (κ2) is 5.39. The number of hydrogen-bond acceptors (Lipinski definition) is 2. The van der Waals surface area contributed by atoms with E-state index in [4.69, 9.17) is 0 Å². The van der Waals surface area contributed by atoms with Gasteiger partial charge in [-0.1, -0.05) is 6.07 Å². The molecule has 0 unspecified atom stereocenters. The molecule has 0 aliphatic carbocycles. The third-order valence-electron chi connectivity index (χ3n) is 3.09. The lowest BCUT2D eigenvalue weighted by Crippen LogP contribution is -2.27. The van der Waals surface area contributed by atoms with Crippen molar-refractivity contribution in [1.82, 2.24) is 0 Å².